The number of esters is 1. The smallest absolute Gasteiger partial charge is 0.360 e. The van der Waals surface area contributed by atoms with Crippen molar-refractivity contribution in [3.8, 4) is 11.5 Å². The van der Waals surface area contributed by atoms with Crippen LogP contribution in [0.1, 0.15) is 16.2 Å². The highest BCUT2D eigenvalue weighted by Gasteiger charge is 2.18. The lowest BCUT2D eigenvalue weighted by atomic mass is 10.2. The fourth-order valence-corrected chi connectivity index (χ4v) is 1.62. The number of aromatic nitrogens is 1. The van der Waals surface area contributed by atoms with Gasteiger partial charge in [-0.05, 0) is 25.1 Å². The SMILES string of the molecule is COC(=O)c1nc(-c2cccc(Cl)c2)oc1C. The van der Waals surface area contributed by atoms with Crippen molar-refractivity contribution in [1.29, 1.82) is 0 Å². The standard InChI is InChI=1S/C12H10ClNO3/c1-7-10(12(15)16-2)14-11(17-7)8-4-3-5-9(13)6-8/h3-6H,1-2H3. The predicted molar refractivity (Wildman–Crippen MR) is 63.0 cm³/mol. The Balaban J connectivity index is 2.44. The van der Waals surface area contributed by atoms with Crippen LogP contribution >= 0.6 is 11.6 Å². The van der Waals surface area contributed by atoms with Gasteiger partial charge in [-0.3, -0.25) is 0 Å². The molecule has 1 aromatic heterocycles. The Morgan fingerprint density at radius 3 is 2.88 bits per heavy atom. The van der Waals surface area contributed by atoms with Crippen molar-refractivity contribution in [2.45, 2.75) is 6.92 Å². The first kappa shape index (κ1) is 11.7. The Labute approximate surface area is 103 Å². The summed E-state index contributed by atoms with van der Waals surface area (Å²) in [5, 5.41) is 0.581. The van der Waals surface area contributed by atoms with Gasteiger partial charge in [0.1, 0.15) is 5.76 Å². The van der Waals surface area contributed by atoms with Crippen molar-refractivity contribution in [2.24, 2.45) is 0 Å². The summed E-state index contributed by atoms with van der Waals surface area (Å²) in [5.74, 6) is 0.261. The van der Waals surface area contributed by atoms with Crippen LogP contribution < -0.4 is 0 Å². The number of benzene rings is 1. The minimum atomic E-state index is -0.514. The maximum atomic E-state index is 11.4. The van der Waals surface area contributed by atoms with Crippen LogP contribution in [0.5, 0.6) is 0 Å². The number of hydrogen-bond acceptors (Lipinski definition) is 4. The van der Waals surface area contributed by atoms with E-state index in [0.717, 1.165) is 5.56 Å². The zero-order valence-corrected chi connectivity index (χ0v) is 10.1. The highest BCUT2D eigenvalue weighted by Crippen LogP contribution is 2.24. The van der Waals surface area contributed by atoms with E-state index in [1.54, 1.807) is 31.2 Å². The van der Waals surface area contributed by atoms with Crippen LogP contribution in [-0.4, -0.2) is 18.1 Å². The number of hydrogen-bond donors (Lipinski definition) is 0. The molecule has 0 saturated heterocycles. The van der Waals surface area contributed by atoms with Crippen LogP contribution in [0.4, 0.5) is 0 Å². The van der Waals surface area contributed by atoms with E-state index in [-0.39, 0.29) is 5.69 Å². The van der Waals surface area contributed by atoms with Gasteiger partial charge < -0.3 is 9.15 Å². The molecule has 2 rings (SSSR count). The summed E-state index contributed by atoms with van der Waals surface area (Å²) in [6, 6.07) is 7.06. The molecular weight excluding hydrogens is 242 g/mol. The van der Waals surface area contributed by atoms with Gasteiger partial charge in [-0.15, -0.1) is 0 Å². The van der Waals surface area contributed by atoms with Gasteiger partial charge in [-0.1, -0.05) is 17.7 Å². The van der Waals surface area contributed by atoms with Gasteiger partial charge in [0.2, 0.25) is 5.89 Å². The molecule has 4 nitrogen and oxygen atoms in total. The number of nitrogens with zero attached hydrogens (tertiary/aromatic N) is 1. The molecular formula is C12H10ClNO3. The first-order chi connectivity index (χ1) is 8.11. The maximum Gasteiger partial charge on any atom is 0.360 e. The Hall–Kier alpha value is -1.81. The van der Waals surface area contributed by atoms with Gasteiger partial charge in [0, 0.05) is 10.6 Å². The van der Waals surface area contributed by atoms with Gasteiger partial charge in [-0.2, -0.15) is 0 Å². The van der Waals surface area contributed by atoms with E-state index in [4.69, 9.17) is 16.0 Å². The third-order valence-electron chi connectivity index (χ3n) is 2.25. The predicted octanol–water partition coefficient (Wildman–Crippen LogP) is 3.09. The fourth-order valence-electron chi connectivity index (χ4n) is 1.43. The van der Waals surface area contributed by atoms with Crippen molar-refractivity contribution in [3.05, 3.63) is 40.7 Å². The molecule has 0 aliphatic carbocycles. The first-order valence-corrected chi connectivity index (χ1v) is 5.31. The van der Waals surface area contributed by atoms with Crippen LogP contribution in [0.3, 0.4) is 0 Å². The Morgan fingerprint density at radius 1 is 1.47 bits per heavy atom. The quantitative estimate of drug-likeness (QED) is 0.770. The van der Waals surface area contributed by atoms with Gasteiger partial charge >= 0.3 is 5.97 Å². The zero-order chi connectivity index (χ0) is 12.4. The molecule has 5 heteroatoms. The molecule has 1 aromatic carbocycles. The van der Waals surface area contributed by atoms with Gasteiger partial charge in [-0.25, -0.2) is 9.78 Å². The number of carbonyl (C=O) groups is 1. The first-order valence-electron chi connectivity index (χ1n) is 4.93. The van der Waals surface area contributed by atoms with E-state index in [1.807, 2.05) is 0 Å². The fraction of sp³-hybridized carbons (Fsp3) is 0.167. The Morgan fingerprint density at radius 2 is 2.24 bits per heavy atom. The van der Waals surface area contributed by atoms with Gasteiger partial charge in [0.15, 0.2) is 5.69 Å². The lowest BCUT2D eigenvalue weighted by Crippen LogP contribution is -2.03. The molecule has 0 amide bonds. The molecule has 0 bridgehead atoms. The summed E-state index contributed by atoms with van der Waals surface area (Å²) in [6.07, 6.45) is 0. The van der Waals surface area contributed by atoms with Crippen LogP contribution in [0.25, 0.3) is 11.5 Å². The second-order valence-corrected chi connectivity index (χ2v) is 3.86. The highest BCUT2D eigenvalue weighted by molar-refractivity contribution is 6.30. The molecule has 2 aromatic rings. The molecule has 1 heterocycles. The molecule has 0 atom stereocenters. The number of methoxy groups -OCH3 is 1. The van der Waals surface area contributed by atoms with E-state index in [9.17, 15) is 4.79 Å². The molecule has 88 valence electrons. The van der Waals surface area contributed by atoms with Crippen LogP contribution in [0.15, 0.2) is 28.7 Å². The summed E-state index contributed by atoms with van der Waals surface area (Å²) in [4.78, 5) is 15.5. The summed E-state index contributed by atoms with van der Waals surface area (Å²) in [5.41, 5.74) is 0.901. The average molecular weight is 252 g/mol. The van der Waals surface area contributed by atoms with E-state index in [0.29, 0.717) is 16.7 Å². The molecule has 0 spiro atoms. The molecule has 0 fully saturated rings. The molecule has 0 aliphatic rings. The van der Waals surface area contributed by atoms with Crippen molar-refractivity contribution < 1.29 is 13.9 Å². The average Bonchev–Trinajstić information content (AvgIpc) is 2.70. The van der Waals surface area contributed by atoms with Crippen LogP contribution in [0.2, 0.25) is 5.02 Å². The monoisotopic (exact) mass is 251 g/mol. The van der Waals surface area contributed by atoms with Crippen molar-refractivity contribution in [1.82, 2.24) is 4.98 Å². The van der Waals surface area contributed by atoms with Crippen LogP contribution in [0, 0.1) is 6.92 Å². The van der Waals surface area contributed by atoms with E-state index in [1.165, 1.54) is 7.11 Å². The molecule has 0 saturated carbocycles. The Bertz CT molecular complexity index is 563. The topological polar surface area (TPSA) is 52.3 Å². The van der Waals surface area contributed by atoms with Crippen LogP contribution in [-0.2, 0) is 4.74 Å². The second kappa shape index (κ2) is 4.59. The third-order valence-corrected chi connectivity index (χ3v) is 2.48. The minimum absolute atomic E-state index is 0.183. The summed E-state index contributed by atoms with van der Waals surface area (Å²) < 4.78 is 10.0. The van der Waals surface area contributed by atoms with Gasteiger partial charge in [0.25, 0.3) is 0 Å². The third kappa shape index (κ3) is 2.31. The molecule has 0 radical (unpaired) electrons. The number of rotatable bonds is 2. The van der Waals surface area contributed by atoms with Crippen molar-refractivity contribution in [3.63, 3.8) is 0 Å². The lowest BCUT2D eigenvalue weighted by Gasteiger charge is -1.95. The summed E-state index contributed by atoms with van der Waals surface area (Å²) >= 11 is 5.87. The molecule has 0 unspecified atom stereocenters. The number of ether oxygens (including phenoxy) is 1. The summed E-state index contributed by atoms with van der Waals surface area (Å²) in [6.45, 7) is 1.66. The second-order valence-electron chi connectivity index (χ2n) is 3.43. The lowest BCUT2D eigenvalue weighted by molar-refractivity contribution is 0.0593. The van der Waals surface area contributed by atoms with Gasteiger partial charge in [0.05, 0.1) is 7.11 Å². The number of halogens is 1. The normalized spacial score (nSPS) is 10.3. The minimum Gasteiger partial charge on any atom is -0.464 e. The molecule has 17 heavy (non-hydrogen) atoms. The summed E-state index contributed by atoms with van der Waals surface area (Å²) in [7, 11) is 1.30. The highest BCUT2D eigenvalue weighted by atomic mass is 35.5. The molecule has 0 N–H and O–H groups in total. The van der Waals surface area contributed by atoms with Crippen molar-refractivity contribution >= 4 is 17.6 Å². The molecule has 0 aliphatic heterocycles. The Kier molecular flexibility index (Phi) is 3.15. The largest absolute Gasteiger partial charge is 0.464 e. The maximum absolute atomic E-state index is 11.4. The van der Waals surface area contributed by atoms with E-state index in [2.05, 4.69) is 9.72 Å². The number of carbonyl (C=O) groups excluding carboxylic acids is 1. The van der Waals surface area contributed by atoms with E-state index >= 15 is 0 Å². The van der Waals surface area contributed by atoms with Crippen molar-refractivity contribution in [2.75, 3.05) is 7.11 Å². The number of oxazole rings is 1. The zero-order valence-electron chi connectivity index (χ0n) is 9.36. The number of aryl methyl sites for hydroxylation is 1. The van der Waals surface area contributed by atoms with E-state index < -0.39 is 5.97 Å².